The second-order valence-corrected chi connectivity index (χ2v) is 4.70. The quantitative estimate of drug-likeness (QED) is 0.854. The summed E-state index contributed by atoms with van der Waals surface area (Å²) in [5.41, 5.74) is -1.44. The largest absolute Gasteiger partial charge is 0.435 e. The SMILES string of the molecule is CNC(C)(CO)CC(C)n1ccc(C(F)(F)F)n1. The summed E-state index contributed by atoms with van der Waals surface area (Å²) < 4.78 is 38.5. The van der Waals surface area contributed by atoms with E-state index in [0.29, 0.717) is 6.42 Å². The van der Waals surface area contributed by atoms with Crippen LogP contribution in [0.15, 0.2) is 12.3 Å². The summed E-state index contributed by atoms with van der Waals surface area (Å²) >= 11 is 0. The van der Waals surface area contributed by atoms with E-state index in [2.05, 4.69) is 10.4 Å². The predicted molar refractivity (Wildman–Crippen MR) is 61.1 cm³/mol. The summed E-state index contributed by atoms with van der Waals surface area (Å²) in [6.07, 6.45) is -2.64. The van der Waals surface area contributed by atoms with Crippen LogP contribution in [0.4, 0.5) is 13.2 Å². The first kappa shape index (κ1) is 15.0. The molecule has 1 aromatic rings. The average Bonchev–Trinajstić information content (AvgIpc) is 2.77. The van der Waals surface area contributed by atoms with Crippen molar-refractivity contribution in [3.8, 4) is 0 Å². The molecule has 0 amide bonds. The lowest BCUT2D eigenvalue weighted by atomic mass is 9.95. The van der Waals surface area contributed by atoms with E-state index in [9.17, 15) is 18.3 Å². The summed E-state index contributed by atoms with van der Waals surface area (Å²) in [7, 11) is 1.70. The Morgan fingerprint density at radius 3 is 2.50 bits per heavy atom. The highest BCUT2D eigenvalue weighted by molar-refractivity contribution is 5.04. The molecule has 2 N–H and O–H groups in total. The highest BCUT2D eigenvalue weighted by Crippen LogP contribution is 2.28. The van der Waals surface area contributed by atoms with Crippen molar-refractivity contribution in [2.24, 2.45) is 0 Å². The average molecular weight is 265 g/mol. The van der Waals surface area contributed by atoms with Crippen LogP contribution in [0, 0.1) is 0 Å². The van der Waals surface area contributed by atoms with Gasteiger partial charge < -0.3 is 10.4 Å². The summed E-state index contributed by atoms with van der Waals surface area (Å²) in [5, 5.41) is 15.7. The van der Waals surface area contributed by atoms with Crippen molar-refractivity contribution in [3.05, 3.63) is 18.0 Å². The molecule has 0 saturated carbocycles. The van der Waals surface area contributed by atoms with Crippen molar-refractivity contribution >= 4 is 0 Å². The molecule has 1 aromatic heterocycles. The monoisotopic (exact) mass is 265 g/mol. The molecule has 0 aromatic carbocycles. The van der Waals surface area contributed by atoms with E-state index < -0.39 is 17.4 Å². The second kappa shape index (κ2) is 5.27. The molecule has 1 rings (SSSR count). The molecule has 0 aliphatic heterocycles. The zero-order valence-electron chi connectivity index (χ0n) is 10.6. The standard InChI is InChI=1S/C11H18F3N3O/c1-8(6-10(2,7-18)15-3)17-5-4-9(16-17)11(12,13)14/h4-5,8,15,18H,6-7H2,1-3H3. The van der Waals surface area contributed by atoms with Crippen LogP contribution in [0.1, 0.15) is 32.0 Å². The maximum Gasteiger partial charge on any atom is 0.435 e. The van der Waals surface area contributed by atoms with Crippen molar-refractivity contribution < 1.29 is 18.3 Å². The van der Waals surface area contributed by atoms with Gasteiger partial charge in [-0.1, -0.05) is 0 Å². The molecule has 0 radical (unpaired) electrons. The van der Waals surface area contributed by atoms with Crippen molar-refractivity contribution in [1.29, 1.82) is 0 Å². The molecule has 0 aliphatic rings. The first-order valence-corrected chi connectivity index (χ1v) is 5.64. The zero-order chi connectivity index (χ0) is 14.0. The van der Waals surface area contributed by atoms with E-state index in [1.807, 2.05) is 0 Å². The minimum atomic E-state index is -4.42. The highest BCUT2D eigenvalue weighted by Gasteiger charge is 2.34. The van der Waals surface area contributed by atoms with Crippen LogP contribution in [0.5, 0.6) is 0 Å². The van der Waals surface area contributed by atoms with Gasteiger partial charge >= 0.3 is 6.18 Å². The van der Waals surface area contributed by atoms with E-state index in [1.165, 1.54) is 10.9 Å². The van der Waals surface area contributed by atoms with Crippen LogP contribution in [0.25, 0.3) is 0 Å². The second-order valence-electron chi connectivity index (χ2n) is 4.70. The van der Waals surface area contributed by atoms with Crippen LogP contribution < -0.4 is 5.32 Å². The number of hydrogen-bond donors (Lipinski definition) is 2. The van der Waals surface area contributed by atoms with E-state index in [1.54, 1.807) is 20.9 Å². The van der Waals surface area contributed by atoms with E-state index in [4.69, 9.17) is 0 Å². The number of halogens is 3. The van der Waals surface area contributed by atoms with E-state index >= 15 is 0 Å². The fourth-order valence-electron chi connectivity index (χ4n) is 1.73. The van der Waals surface area contributed by atoms with Gasteiger partial charge in [0, 0.05) is 11.7 Å². The minimum absolute atomic E-state index is 0.0960. The zero-order valence-corrected chi connectivity index (χ0v) is 10.6. The smallest absolute Gasteiger partial charge is 0.394 e. The molecule has 4 nitrogen and oxygen atoms in total. The summed E-state index contributed by atoms with van der Waals surface area (Å²) in [5.74, 6) is 0. The Bertz CT molecular complexity index is 385. The normalized spacial score (nSPS) is 17.5. The Labute approximate surface area is 104 Å². The van der Waals surface area contributed by atoms with Crippen LogP contribution in [0.3, 0.4) is 0 Å². The van der Waals surface area contributed by atoms with E-state index in [-0.39, 0.29) is 12.6 Å². The Morgan fingerprint density at radius 2 is 2.11 bits per heavy atom. The third-order valence-electron chi connectivity index (χ3n) is 3.05. The Kier molecular flexibility index (Phi) is 4.39. The van der Waals surface area contributed by atoms with E-state index in [0.717, 1.165) is 6.07 Å². The van der Waals surface area contributed by atoms with Gasteiger partial charge in [-0.15, -0.1) is 0 Å². The molecule has 7 heteroatoms. The number of nitrogens with one attached hydrogen (secondary N) is 1. The third-order valence-corrected chi connectivity index (χ3v) is 3.05. The van der Waals surface area contributed by atoms with Gasteiger partial charge in [-0.25, -0.2) is 0 Å². The molecular weight excluding hydrogens is 247 g/mol. The summed E-state index contributed by atoms with van der Waals surface area (Å²) in [4.78, 5) is 0. The maximum atomic E-state index is 12.4. The van der Waals surface area contributed by atoms with Crippen LogP contribution in [-0.4, -0.2) is 34.1 Å². The van der Waals surface area contributed by atoms with Gasteiger partial charge in [-0.3, -0.25) is 4.68 Å². The Morgan fingerprint density at radius 1 is 1.50 bits per heavy atom. The third kappa shape index (κ3) is 3.46. The van der Waals surface area contributed by atoms with Crippen LogP contribution >= 0.6 is 0 Å². The van der Waals surface area contributed by atoms with Gasteiger partial charge in [0.1, 0.15) is 0 Å². The number of aromatic nitrogens is 2. The lowest BCUT2D eigenvalue weighted by molar-refractivity contribution is -0.141. The summed E-state index contributed by atoms with van der Waals surface area (Å²) in [6, 6.07) is 0.706. The summed E-state index contributed by atoms with van der Waals surface area (Å²) in [6.45, 7) is 3.47. The number of alkyl halides is 3. The first-order chi connectivity index (χ1) is 8.22. The molecule has 0 spiro atoms. The Balaban J connectivity index is 2.79. The fourth-order valence-corrected chi connectivity index (χ4v) is 1.73. The molecule has 1 heterocycles. The number of rotatable bonds is 5. The maximum absolute atomic E-state index is 12.4. The fraction of sp³-hybridized carbons (Fsp3) is 0.727. The molecule has 2 unspecified atom stereocenters. The Hall–Kier alpha value is -1.08. The minimum Gasteiger partial charge on any atom is -0.394 e. The van der Waals surface area contributed by atoms with Crippen molar-refractivity contribution in [1.82, 2.24) is 15.1 Å². The number of aliphatic hydroxyl groups excluding tert-OH is 1. The lowest BCUT2D eigenvalue weighted by Crippen LogP contribution is -2.45. The van der Waals surface area contributed by atoms with Crippen molar-refractivity contribution in [3.63, 3.8) is 0 Å². The first-order valence-electron chi connectivity index (χ1n) is 5.64. The highest BCUT2D eigenvalue weighted by atomic mass is 19.4. The van der Waals surface area contributed by atoms with Crippen LogP contribution in [0.2, 0.25) is 0 Å². The van der Waals surface area contributed by atoms with Crippen molar-refractivity contribution in [2.45, 2.75) is 38.0 Å². The number of likely N-dealkylation sites (N-methyl/N-ethyl adjacent to an activating group) is 1. The predicted octanol–water partition coefficient (Wildman–Crippen LogP) is 1.82. The van der Waals surface area contributed by atoms with Gasteiger partial charge in [-0.05, 0) is 33.4 Å². The van der Waals surface area contributed by atoms with Gasteiger partial charge in [0.2, 0.25) is 0 Å². The molecular formula is C11H18F3N3O. The molecule has 0 fully saturated rings. The topological polar surface area (TPSA) is 50.1 Å². The van der Waals surface area contributed by atoms with Gasteiger partial charge in [0.15, 0.2) is 5.69 Å². The molecule has 104 valence electrons. The van der Waals surface area contributed by atoms with Gasteiger partial charge in [0.05, 0.1) is 12.6 Å². The lowest BCUT2D eigenvalue weighted by Gasteiger charge is -2.30. The molecule has 0 saturated heterocycles. The molecule has 0 aliphatic carbocycles. The van der Waals surface area contributed by atoms with Gasteiger partial charge in [-0.2, -0.15) is 18.3 Å². The molecule has 2 atom stereocenters. The van der Waals surface area contributed by atoms with Gasteiger partial charge in [0.25, 0.3) is 0 Å². The molecule has 0 bridgehead atoms. The number of nitrogens with zero attached hydrogens (tertiary/aromatic N) is 2. The van der Waals surface area contributed by atoms with Crippen molar-refractivity contribution in [2.75, 3.05) is 13.7 Å². The molecule has 18 heavy (non-hydrogen) atoms. The number of hydrogen-bond acceptors (Lipinski definition) is 3. The van der Waals surface area contributed by atoms with Crippen LogP contribution in [-0.2, 0) is 6.18 Å². The number of aliphatic hydroxyl groups is 1.